The largest absolute Gasteiger partial charge is 0.455 e. The van der Waals surface area contributed by atoms with E-state index in [4.69, 9.17) is 9.40 Å². The minimum absolute atomic E-state index is 0.114. The number of halogens is 1. The minimum atomic E-state index is -3.73. The van der Waals surface area contributed by atoms with E-state index in [-0.39, 0.29) is 36.3 Å². The van der Waals surface area contributed by atoms with E-state index in [2.05, 4.69) is 15.3 Å². The monoisotopic (exact) mass is 642 g/mol. The zero-order valence-corrected chi connectivity index (χ0v) is 26.2. The van der Waals surface area contributed by atoms with Crippen LogP contribution in [-0.2, 0) is 23.0 Å². The number of hydrogen-bond donors (Lipinski definition) is 2. The number of furan rings is 1. The molecule has 1 unspecified atom stereocenters. The van der Waals surface area contributed by atoms with Gasteiger partial charge in [0.25, 0.3) is 5.91 Å². The van der Waals surface area contributed by atoms with Crippen molar-refractivity contribution in [2.45, 2.75) is 19.0 Å². The number of nitrogens with one attached hydrogen (secondary N) is 1. The highest BCUT2D eigenvalue weighted by molar-refractivity contribution is 7.92. The first-order chi connectivity index (χ1) is 22.1. The van der Waals surface area contributed by atoms with Crippen LogP contribution in [0.3, 0.4) is 0 Å². The van der Waals surface area contributed by atoms with Gasteiger partial charge in [0, 0.05) is 49.4 Å². The number of nitrogens with zero attached hydrogens (tertiary/aromatic N) is 5. The maximum atomic E-state index is 14.8. The number of aromatic nitrogens is 3. The molecule has 7 rings (SSSR count). The van der Waals surface area contributed by atoms with Crippen LogP contribution in [0.4, 0.5) is 10.1 Å². The van der Waals surface area contributed by atoms with Crippen LogP contribution in [0.1, 0.15) is 21.6 Å². The quantitative estimate of drug-likeness (QED) is 0.309. The molecule has 0 fully saturated rings. The van der Waals surface area contributed by atoms with E-state index in [1.165, 1.54) is 24.9 Å². The highest BCUT2D eigenvalue weighted by atomic mass is 32.2. The van der Waals surface area contributed by atoms with Gasteiger partial charge in [-0.15, -0.1) is 0 Å². The third-order valence-corrected chi connectivity index (χ3v) is 9.77. The lowest BCUT2D eigenvalue weighted by molar-refractivity contribution is 0.0964. The van der Waals surface area contributed by atoms with Gasteiger partial charge in [0.15, 0.2) is 5.76 Å². The summed E-state index contributed by atoms with van der Waals surface area (Å²) in [5.74, 6) is -0.473. The van der Waals surface area contributed by atoms with Crippen molar-refractivity contribution in [1.29, 1.82) is 0 Å². The summed E-state index contributed by atoms with van der Waals surface area (Å²) in [6, 6.07) is 7.00. The second-order valence-corrected chi connectivity index (χ2v) is 13.4. The number of hydrogen-bond acceptors (Lipinski definition) is 8. The maximum absolute atomic E-state index is 14.8. The third-order valence-electron chi connectivity index (χ3n) is 8.58. The van der Waals surface area contributed by atoms with Crippen LogP contribution in [0.25, 0.3) is 39.2 Å². The molecular weight excluding hydrogens is 611 g/mol. The van der Waals surface area contributed by atoms with Crippen molar-refractivity contribution in [1.82, 2.24) is 25.0 Å². The lowest BCUT2D eigenvalue weighted by Gasteiger charge is -2.39. The van der Waals surface area contributed by atoms with Gasteiger partial charge in [-0.05, 0) is 42.3 Å². The Labute approximate surface area is 264 Å². The number of fused-ring (bicyclic) bond motifs is 6. The minimum Gasteiger partial charge on any atom is -0.455 e. The van der Waals surface area contributed by atoms with Gasteiger partial charge >= 0.3 is 0 Å². The van der Waals surface area contributed by atoms with Gasteiger partial charge < -0.3 is 19.7 Å². The van der Waals surface area contributed by atoms with Crippen molar-refractivity contribution in [3.8, 4) is 22.6 Å². The van der Waals surface area contributed by atoms with Gasteiger partial charge in [-0.1, -0.05) is 18.2 Å². The van der Waals surface area contributed by atoms with E-state index < -0.39 is 15.9 Å². The van der Waals surface area contributed by atoms with Crippen LogP contribution in [-0.4, -0.2) is 78.6 Å². The Morgan fingerprint density at radius 1 is 1.28 bits per heavy atom. The number of pyridine rings is 1. The van der Waals surface area contributed by atoms with Crippen molar-refractivity contribution in [2.24, 2.45) is 0 Å². The summed E-state index contributed by atoms with van der Waals surface area (Å²) in [6.45, 7) is 0.881. The molecule has 1 aliphatic carbocycles. The number of carbonyl (C=O) groups is 1. The van der Waals surface area contributed by atoms with Crippen molar-refractivity contribution < 1.29 is 27.1 Å². The Morgan fingerprint density at radius 3 is 2.87 bits per heavy atom. The second kappa shape index (κ2) is 11.1. The number of aliphatic hydroxyl groups excluding tert-OH is 1. The highest BCUT2D eigenvalue weighted by Crippen LogP contribution is 2.43. The highest BCUT2D eigenvalue weighted by Gasteiger charge is 2.32. The molecule has 1 amide bonds. The predicted octanol–water partition coefficient (Wildman–Crippen LogP) is 4.04. The van der Waals surface area contributed by atoms with Gasteiger partial charge in [0.1, 0.15) is 11.4 Å². The van der Waals surface area contributed by atoms with Gasteiger partial charge in [-0.25, -0.2) is 17.8 Å². The van der Waals surface area contributed by atoms with Crippen LogP contribution in [0, 0.1) is 0 Å². The van der Waals surface area contributed by atoms with E-state index in [1.807, 2.05) is 24.3 Å². The van der Waals surface area contributed by atoms with Crippen molar-refractivity contribution in [3.05, 3.63) is 95.3 Å². The summed E-state index contributed by atoms with van der Waals surface area (Å²) in [7, 11) is -0.761. The number of rotatable bonds is 7. The fourth-order valence-electron chi connectivity index (χ4n) is 6.18. The fourth-order valence-corrected chi connectivity index (χ4v) is 6.69. The van der Waals surface area contributed by atoms with E-state index in [1.54, 1.807) is 36.7 Å². The summed E-state index contributed by atoms with van der Waals surface area (Å²) >= 11 is 0. The van der Waals surface area contributed by atoms with Crippen molar-refractivity contribution >= 4 is 38.3 Å². The summed E-state index contributed by atoms with van der Waals surface area (Å²) in [6.07, 6.45) is 13.9. The van der Waals surface area contributed by atoms with Crippen LogP contribution in [0.5, 0.6) is 0 Å². The Balaban J connectivity index is 1.45. The molecule has 46 heavy (non-hydrogen) atoms. The molecule has 11 nitrogen and oxygen atoms in total. The normalized spacial score (nSPS) is 17.1. The summed E-state index contributed by atoms with van der Waals surface area (Å²) in [5, 5.41) is 16.7. The number of sulfonamides is 1. The molecule has 13 heteroatoms. The summed E-state index contributed by atoms with van der Waals surface area (Å²) < 4.78 is 49.5. The van der Waals surface area contributed by atoms with Crippen molar-refractivity contribution in [3.63, 3.8) is 0 Å². The van der Waals surface area contributed by atoms with Gasteiger partial charge in [-0.3, -0.25) is 13.8 Å². The smallest absolute Gasteiger partial charge is 0.255 e. The van der Waals surface area contributed by atoms with Crippen LogP contribution < -0.4 is 9.62 Å². The van der Waals surface area contributed by atoms with Crippen LogP contribution in [0.15, 0.2) is 82.9 Å². The first-order valence-electron chi connectivity index (χ1n) is 14.7. The Bertz CT molecular complexity index is 2160. The molecular formula is C33H31FN6O5S. The molecule has 2 N–H and O–H groups in total. The molecule has 0 radical (unpaired) electrons. The molecule has 0 spiro atoms. The molecule has 0 saturated carbocycles. The number of anilines is 1. The molecule has 3 aromatic heterocycles. The third kappa shape index (κ3) is 4.92. The molecule has 1 atom stereocenters. The van der Waals surface area contributed by atoms with E-state index in [0.717, 1.165) is 34.8 Å². The Hall–Kier alpha value is -5.01. The van der Waals surface area contributed by atoms with Crippen LogP contribution in [0.2, 0.25) is 0 Å². The average molecular weight is 643 g/mol. The maximum Gasteiger partial charge on any atom is 0.255 e. The number of benzene rings is 1. The first-order valence-corrected chi connectivity index (χ1v) is 16.6. The van der Waals surface area contributed by atoms with E-state index in [0.29, 0.717) is 44.7 Å². The zero-order chi connectivity index (χ0) is 32.3. The Kier molecular flexibility index (Phi) is 7.17. The van der Waals surface area contributed by atoms with E-state index >= 15 is 0 Å². The number of aliphatic hydroxyl groups is 1. The molecule has 2 aliphatic heterocycles. The molecule has 0 saturated heterocycles. The van der Waals surface area contributed by atoms with Crippen LogP contribution >= 0.6 is 0 Å². The molecule has 3 aliphatic rings. The predicted molar refractivity (Wildman–Crippen MR) is 173 cm³/mol. The molecule has 5 heterocycles. The second-order valence-electron chi connectivity index (χ2n) is 11.4. The lowest BCUT2D eigenvalue weighted by atomic mass is 9.93. The summed E-state index contributed by atoms with van der Waals surface area (Å²) in [5.41, 5.74) is 5.27. The fraction of sp³-hybridized carbons (Fsp3) is 0.242. The lowest BCUT2D eigenvalue weighted by Crippen LogP contribution is -2.38. The number of allylic oxidation sites excluding steroid dienone is 5. The topological polar surface area (TPSA) is 134 Å². The van der Waals surface area contributed by atoms with Gasteiger partial charge in [-0.2, -0.15) is 5.10 Å². The molecule has 1 aromatic carbocycles. The zero-order valence-electron chi connectivity index (χ0n) is 25.4. The van der Waals surface area contributed by atoms with Crippen molar-refractivity contribution in [2.75, 3.05) is 37.8 Å². The van der Waals surface area contributed by atoms with Gasteiger partial charge in [0.2, 0.25) is 10.0 Å². The van der Waals surface area contributed by atoms with E-state index in [9.17, 15) is 22.7 Å². The molecule has 2 bridgehead atoms. The average Bonchev–Trinajstić information content (AvgIpc) is 3.63. The number of amides is 1. The number of carbonyl (C=O) groups excluding carboxylic acids is 1. The standard InChI is InChI=1S/C33H31FN6O5S/c1-35-33(42)30-24-15-23(27(38(2)46(3,43)44)16-29(24)45-32(30)21-17-36-39(18-21)11-12-41)26-8-7-19-9-10-40-22-5-4-6-25(34)20(13-22)14-28(40)31(19)37-26/h4-8,13-18,22,41H,9-12H2,1-3H3,(H,35,42). The summed E-state index contributed by atoms with van der Waals surface area (Å²) in [4.78, 5) is 20.6. The molecule has 236 valence electrons. The van der Waals surface area contributed by atoms with Gasteiger partial charge in [0.05, 0.1) is 65.5 Å². The molecule has 4 aromatic rings. The SMILES string of the molecule is CNC(=O)c1c(-c2cnn(CCO)c2)oc2cc(N(C)S(C)(=O)=O)c(-c3ccc4c(n3)C3=CC5=CC(C=CC=C5F)N3CC4)cc12. The Morgan fingerprint density at radius 2 is 2.11 bits per heavy atom. The first kappa shape index (κ1) is 29.7.